The molecule has 1 rings (SSSR count). The van der Waals surface area contributed by atoms with Gasteiger partial charge in [-0.1, -0.05) is 13.3 Å². The van der Waals surface area contributed by atoms with Gasteiger partial charge in [-0.15, -0.1) is 0 Å². The van der Waals surface area contributed by atoms with Crippen molar-refractivity contribution < 1.29 is 4.74 Å². The van der Waals surface area contributed by atoms with E-state index in [1.165, 1.54) is 0 Å². The normalized spacial score (nSPS) is 12.2. The highest BCUT2D eigenvalue weighted by atomic mass is 16.5. The van der Waals surface area contributed by atoms with Gasteiger partial charge in [-0.2, -0.15) is 0 Å². The van der Waals surface area contributed by atoms with E-state index in [0.29, 0.717) is 6.61 Å². The van der Waals surface area contributed by atoms with E-state index in [9.17, 15) is 0 Å². The first-order chi connectivity index (χ1) is 8.30. The summed E-state index contributed by atoms with van der Waals surface area (Å²) in [5.74, 6) is 1.59. The number of hydrogen-bond donors (Lipinski definition) is 2. The summed E-state index contributed by atoms with van der Waals surface area (Å²) in [4.78, 5) is 8.57. The lowest BCUT2D eigenvalue weighted by Crippen LogP contribution is -2.25. The Morgan fingerprint density at radius 2 is 2.06 bits per heavy atom. The van der Waals surface area contributed by atoms with Crippen LogP contribution in [0.25, 0.3) is 0 Å². The number of nitrogens with one attached hydrogen (secondary N) is 2. The molecule has 1 heterocycles. The molecule has 17 heavy (non-hydrogen) atoms. The molecule has 2 N–H and O–H groups in total. The molecule has 0 bridgehead atoms. The van der Waals surface area contributed by atoms with Crippen LogP contribution in [0.1, 0.15) is 26.7 Å². The first kappa shape index (κ1) is 13.7. The molecule has 1 atom stereocenters. The lowest BCUT2D eigenvalue weighted by molar-refractivity contribution is 0.182. The summed E-state index contributed by atoms with van der Waals surface area (Å²) in [5, 5.41) is 6.48. The van der Waals surface area contributed by atoms with Gasteiger partial charge in [-0.25, -0.2) is 4.98 Å². The van der Waals surface area contributed by atoms with Gasteiger partial charge in [0.05, 0.1) is 25.0 Å². The molecule has 0 aromatic carbocycles. The van der Waals surface area contributed by atoms with Crippen molar-refractivity contribution in [3.05, 3.63) is 12.4 Å². The smallest absolute Gasteiger partial charge is 0.147 e. The Bertz CT molecular complexity index is 313. The Balaban J connectivity index is 2.60. The third kappa shape index (κ3) is 4.99. The second kappa shape index (κ2) is 7.84. The van der Waals surface area contributed by atoms with Gasteiger partial charge in [0.15, 0.2) is 0 Å². The minimum absolute atomic E-state index is 0.288. The van der Waals surface area contributed by atoms with E-state index < -0.39 is 0 Å². The molecule has 0 aliphatic heterocycles. The zero-order valence-corrected chi connectivity index (χ0v) is 10.9. The van der Waals surface area contributed by atoms with E-state index in [1.807, 2.05) is 6.92 Å². The number of methoxy groups -OCH3 is 1. The van der Waals surface area contributed by atoms with Crippen LogP contribution in [-0.4, -0.2) is 36.3 Å². The predicted molar refractivity (Wildman–Crippen MR) is 70.4 cm³/mol. The summed E-state index contributed by atoms with van der Waals surface area (Å²) in [6, 6.07) is 0.288. The van der Waals surface area contributed by atoms with E-state index in [2.05, 4.69) is 27.5 Å². The lowest BCUT2D eigenvalue weighted by atomic mass is 10.2. The standard InChI is InChI=1S/C12H22N4O/c1-4-6-10(9-17-3)15-12-8-13-7-11(16-12)14-5-2/h7-8,10H,4-6,9H2,1-3H3,(H2,14,15,16). The fraction of sp³-hybridized carbons (Fsp3) is 0.667. The molecule has 0 radical (unpaired) electrons. The quantitative estimate of drug-likeness (QED) is 0.726. The second-order valence-electron chi connectivity index (χ2n) is 3.91. The van der Waals surface area contributed by atoms with Crippen molar-refractivity contribution in [2.75, 3.05) is 30.9 Å². The van der Waals surface area contributed by atoms with E-state index in [1.54, 1.807) is 19.5 Å². The molecule has 1 aromatic rings. The van der Waals surface area contributed by atoms with Crippen molar-refractivity contribution in [3.63, 3.8) is 0 Å². The van der Waals surface area contributed by atoms with Crippen molar-refractivity contribution in [1.29, 1.82) is 0 Å². The van der Waals surface area contributed by atoms with Crippen molar-refractivity contribution in [3.8, 4) is 0 Å². The molecule has 1 unspecified atom stereocenters. The minimum atomic E-state index is 0.288. The average molecular weight is 238 g/mol. The third-order valence-electron chi connectivity index (χ3n) is 2.35. The van der Waals surface area contributed by atoms with Crippen LogP contribution < -0.4 is 10.6 Å². The van der Waals surface area contributed by atoms with Crippen molar-refractivity contribution >= 4 is 11.6 Å². The van der Waals surface area contributed by atoms with E-state index >= 15 is 0 Å². The Hall–Kier alpha value is -1.36. The number of aromatic nitrogens is 2. The Morgan fingerprint density at radius 3 is 2.71 bits per heavy atom. The molecule has 0 saturated heterocycles. The van der Waals surface area contributed by atoms with Gasteiger partial charge in [-0.3, -0.25) is 4.98 Å². The van der Waals surface area contributed by atoms with Crippen LogP contribution in [0, 0.1) is 0 Å². The molecular formula is C12H22N4O. The van der Waals surface area contributed by atoms with E-state index in [0.717, 1.165) is 31.0 Å². The topological polar surface area (TPSA) is 59.1 Å². The maximum Gasteiger partial charge on any atom is 0.147 e. The summed E-state index contributed by atoms with van der Waals surface area (Å²) >= 11 is 0. The molecule has 0 aliphatic rings. The minimum Gasteiger partial charge on any atom is -0.383 e. The molecule has 0 aliphatic carbocycles. The molecule has 0 spiro atoms. The van der Waals surface area contributed by atoms with Gasteiger partial charge >= 0.3 is 0 Å². The molecule has 0 saturated carbocycles. The highest BCUT2D eigenvalue weighted by molar-refractivity contribution is 5.42. The highest BCUT2D eigenvalue weighted by Gasteiger charge is 2.08. The van der Waals surface area contributed by atoms with Gasteiger partial charge in [0.2, 0.25) is 0 Å². The summed E-state index contributed by atoms with van der Waals surface area (Å²) < 4.78 is 5.18. The number of hydrogen-bond acceptors (Lipinski definition) is 5. The van der Waals surface area contributed by atoms with Gasteiger partial charge in [0, 0.05) is 13.7 Å². The molecular weight excluding hydrogens is 216 g/mol. The first-order valence-corrected chi connectivity index (χ1v) is 6.11. The Morgan fingerprint density at radius 1 is 1.29 bits per heavy atom. The van der Waals surface area contributed by atoms with Crippen LogP contribution >= 0.6 is 0 Å². The van der Waals surface area contributed by atoms with Crippen LogP contribution in [0.5, 0.6) is 0 Å². The number of nitrogens with zero attached hydrogens (tertiary/aromatic N) is 2. The fourth-order valence-electron chi connectivity index (χ4n) is 1.66. The van der Waals surface area contributed by atoms with Crippen molar-refractivity contribution in [2.45, 2.75) is 32.7 Å². The largest absolute Gasteiger partial charge is 0.383 e. The zero-order valence-electron chi connectivity index (χ0n) is 10.9. The molecule has 0 amide bonds. The Labute approximate surface area is 103 Å². The van der Waals surface area contributed by atoms with Crippen LogP contribution in [-0.2, 0) is 4.74 Å². The maximum atomic E-state index is 5.18. The van der Waals surface area contributed by atoms with Crippen LogP contribution in [0.2, 0.25) is 0 Å². The molecule has 1 aromatic heterocycles. The van der Waals surface area contributed by atoms with E-state index in [-0.39, 0.29) is 6.04 Å². The monoisotopic (exact) mass is 238 g/mol. The lowest BCUT2D eigenvalue weighted by Gasteiger charge is -2.17. The van der Waals surface area contributed by atoms with Crippen molar-refractivity contribution in [2.24, 2.45) is 0 Å². The first-order valence-electron chi connectivity index (χ1n) is 6.11. The summed E-state index contributed by atoms with van der Waals surface area (Å²) in [5.41, 5.74) is 0. The van der Waals surface area contributed by atoms with Crippen LogP contribution in [0.15, 0.2) is 12.4 Å². The van der Waals surface area contributed by atoms with E-state index in [4.69, 9.17) is 4.74 Å². The molecule has 5 nitrogen and oxygen atoms in total. The van der Waals surface area contributed by atoms with Gasteiger partial charge in [0.25, 0.3) is 0 Å². The van der Waals surface area contributed by atoms with Gasteiger partial charge < -0.3 is 15.4 Å². The van der Waals surface area contributed by atoms with Crippen LogP contribution in [0.3, 0.4) is 0 Å². The average Bonchev–Trinajstić information content (AvgIpc) is 2.30. The third-order valence-corrected chi connectivity index (χ3v) is 2.35. The zero-order chi connectivity index (χ0) is 12.5. The summed E-state index contributed by atoms with van der Waals surface area (Å²) in [6.07, 6.45) is 5.63. The van der Waals surface area contributed by atoms with Crippen molar-refractivity contribution in [1.82, 2.24) is 9.97 Å². The molecule has 5 heteroatoms. The summed E-state index contributed by atoms with van der Waals surface area (Å²) in [6.45, 7) is 5.72. The predicted octanol–water partition coefficient (Wildman–Crippen LogP) is 2.14. The highest BCUT2D eigenvalue weighted by Crippen LogP contribution is 2.10. The fourth-order valence-corrected chi connectivity index (χ4v) is 1.66. The second-order valence-corrected chi connectivity index (χ2v) is 3.91. The summed E-state index contributed by atoms with van der Waals surface area (Å²) in [7, 11) is 1.71. The number of rotatable bonds is 8. The Kier molecular flexibility index (Phi) is 6.32. The number of anilines is 2. The van der Waals surface area contributed by atoms with Crippen LogP contribution in [0.4, 0.5) is 11.6 Å². The SMILES string of the molecule is CCCC(COC)Nc1cncc(NCC)n1. The molecule has 96 valence electrons. The van der Waals surface area contributed by atoms with Gasteiger partial charge in [-0.05, 0) is 13.3 Å². The maximum absolute atomic E-state index is 5.18. The molecule has 0 fully saturated rings. The number of ether oxygens (including phenoxy) is 1. The van der Waals surface area contributed by atoms with Gasteiger partial charge in [0.1, 0.15) is 11.6 Å².